The molecular weight excluding hydrogens is 190 g/mol. The van der Waals surface area contributed by atoms with Gasteiger partial charge in [0.2, 0.25) is 0 Å². The van der Waals surface area contributed by atoms with Crippen molar-refractivity contribution in [3.05, 3.63) is 12.2 Å². The summed E-state index contributed by atoms with van der Waals surface area (Å²) in [4.78, 5) is 11.5. The van der Waals surface area contributed by atoms with E-state index >= 15 is 0 Å². The molecule has 2 atom stereocenters. The highest BCUT2D eigenvalue weighted by Crippen LogP contribution is 2.22. The van der Waals surface area contributed by atoms with Crippen LogP contribution in [0.15, 0.2) is 12.2 Å². The topological polar surface area (TPSA) is 38.3 Å². The lowest BCUT2D eigenvalue weighted by molar-refractivity contribution is -0.144. The van der Waals surface area contributed by atoms with Crippen LogP contribution in [-0.2, 0) is 9.53 Å². The first-order valence-electron chi connectivity index (χ1n) is 5.19. The van der Waals surface area contributed by atoms with Gasteiger partial charge in [0.05, 0.1) is 13.7 Å². The average molecular weight is 207 g/mol. The van der Waals surface area contributed by atoms with E-state index in [-0.39, 0.29) is 12.0 Å². The Morgan fingerprint density at radius 3 is 3.07 bits per heavy atom. The molecule has 15 heavy (non-hydrogen) atoms. The van der Waals surface area contributed by atoms with E-state index in [0.29, 0.717) is 12.5 Å². The molecule has 0 fully saturated rings. The molecule has 3 heteroatoms. The highest BCUT2D eigenvalue weighted by atomic mass is 16.5. The van der Waals surface area contributed by atoms with Crippen LogP contribution >= 0.6 is 0 Å². The van der Waals surface area contributed by atoms with Gasteiger partial charge in [-0.25, -0.2) is 0 Å². The van der Waals surface area contributed by atoms with Gasteiger partial charge in [0.15, 0.2) is 0 Å². The Labute approximate surface area is 90.9 Å². The smallest absolute Gasteiger partial charge is 0.323 e. The minimum atomic E-state index is -0.268. The largest absolute Gasteiger partial charge is 0.468 e. The van der Waals surface area contributed by atoms with Crippen LogP contribution in [0.4, 0.5) is 0 Å². The van der Waals surface area contributed by atoms with Crippen LogP contribution in [0.5, 0.6) is 0 Å². The molecule has 0 aromatic rings. The Balaban J connectivity index is 2.58. The number of esters is 1. The SMILES string of the molecule is C#CCNC(C(=O)OC)C1CC=CCC1. The van der Waals surface area contributed by atoms with Crippen LogP contribution in [0.2, 0.25) is 0 Å². The molecular formula is C12H17NO2. The Hall–Kier alpha value is -1.27. The van der Waals surface area contributed by atoms with E-state index in [2.05, 4.69) is 23.4 Å². The van der Waals surface area contributed by atoms with Crippen molar-refractivity contribution in [1.82, 2.24) is 5.32 Å². The summed E-state index contributed by atoms with van der Waals surface area (Å²) < 4.78 is 4.77. The highest BCUT2D eigenvalue weighted by Gasteiger charge is 2.28. The Morgan fingerprint density at radius 2 is 2.53 bits per heavy atom. The third-order valence-electron chi connectivity index (χ3n) is 2.66. The van der Waals surface area contributed by atoms with Crippen LogP contribution < -0.4 is 5.32 Å². The second-order valence-corrected chi connectivity index (χ2v) is 3.63. The molecule has 2 unspecified atom stereocenters. The zero-order chi connectivity index (χ0) is 11.1. The lowest BCUT2D eigenvalue weighted by Gasteiger charge is -2.26. The minimum Gasteiger partial charge on any atom is -0.468 e. The maximum absolute atomic E-state index is 11.5. The molecule has 0 amide bonds. The van der Waals surface area contributed by atoms with Crippen molar-refractivity contribution in [3.8, 4) is 12.3 Å². The summed E-state index contributed by atoms with van der Waals surface area (Å²) in [7, 11) is 1.41. The molecule has 0 heterocycles. The number of ether oxygens (including phenoxy) is 1. The number of methoxy groups -OCH3 is 1. The summed E-state index contributed by atoms with van der Waals surface area (Å²) in [6.45, 7) is 0.403. The number of allylic oxidation sites excluding steroid dienone is 2. The molecule has 0 aromatic carbocycles. The lowest BCUT2D eigenvalue weighted by atomic mass is 9.87. The van der Waals surface area contributed by atoms with Crippen molar-refractivity contribution in [2.24, 2.45) is 5.92 Å². The zero-order valence-electron chi connectivity index (χ0n) is 9.03. The molecule has 1 aliphatic rings. The summed E-state index contributed by atoms with van der Waals surface area (Å²) in [5.41, 5.74) is 0. The lowest BCUT2D eigenvalue weighted by Crippen LogP contribution is -2.44. The standard InChI is InChI=1S/C12H17NO2/c1-3-9-13-11(12(14)15-2)10-7-5-4-6-8-10/h1,4-5,10-11,13H,6-9H2,2H3. The molecule has 3 nitrogen and oxygen atoms in total. The molecule has 1 aliphatic carbocycles. The number of carbonyl (C=O) groups excluding carboxylic acids is 1. The van der Waals surface area contributed by atoms with E-state index in [4.69, 9.17) is 11.2 Å². The number of terminal acetylenes is 1. The molecule has 0 bridgehead atoms. The van der Waals surface area contributed by atoms with Crippen molar-refractivity contribution in [2.45, 2.75) is 25.3 Å². The fraction of sp³-hybridized carbons (Fsp3) is 0.583. The van der Waals surface area contributed by atoms with E-state index in [1.165, 1.54) is 7.11 Å². The van der Waals surface area contributed by atoms with Crippen molar-refractivity contribution < 1.29 is 9.53 Å². The van der Waals surface area contributed by atoms with Crippen LogP contribution in [-0.4, -0.2) is 25.7 Å². The van der Waals surface area contributed by atoms with Crippen LogP contribution in [0.1, 0.15) is 19.3 Å². The maximum atomic E-state index is 11.5. The number of carbonyl (C=O) groups is 1. The monoisotopic (exact) mass is 207 g/mol. The van der Waals surface area contributed by atoms with Gasteiger partial charge in [-0.1, -0.05) is 18.1 Å². The van der Waals surface area contributed by atoms with Gasteiger partial charge in [0.1, 0.15) is 6.04 Å². The molecule has 1 N–H and O–H groups in total. The van der Waals surface area contributed by atoms with Crippen molar-refractivity contribution in [3.63, 3.8) is 0 Å². The van der Waals surface area contributed by atoms with Crippen LogP contribution in [0.25, 0.3) is 0 Å². The molecule has 0 aromatic heterocycles. The molecule has 0 saturated carbocycles. The summed E-state index contributed by atoms with van der Waals surface area (Å²) >= 11 is 0. The van der Waals surface area contributed by atoms with Crippen LogP contribution in [0, 0.1) is 18.3 Å². The number of hydrogen-bond acceptors (Lipinski definition) is 3. The van der Waals surface area contributed by atoms with Gasteiger partial charge in [0.25, 0.3) is 0 Å². The van der Waals surface area contributed by atoms with Gasteiger partial charge < -0.3 is 4.74 Å². The molecule has 0 aliphatic heterocycles. The van der Waals surface area contributed by atoms with Gasteiger partial charge >= 0.3 is 5.97 Å². The summed E-state index contributed by atoms with van der Waals surface area (Å²) in [5, 5.41) is 3.05. The second-order valence-electron chi connectivity index (χ2n) is 3.63. The zero-order valence-corrected chi connectivity index (χ0v) is 9.03. The fourth-order valence-corrected chi connectivity index (χ4v) is 1.86. The molecule has 0 spiro atoms. The van der Waals surface area contributed by atoms with E-state index in [0.717, 1.165) is 19.3 Å². The molecule has 0 saturated heterocycles. The molecule has 1 rings (SSSR count). The van der Waals surface area contributed by atoms with Crippen molar-refractivity contribution in [2.75, 3.05) is 13.7 Å². The first-order chi connectivity index (χ1) is 7.29. The number of nitrogens with one attached hydrogen (secondary N) is 1. The van der Waals surface area contributed by atoms with Crippen LogP contribution in [0.3, 0.4) is 0 Å². The summed E-state index contributed by atoms with van der Waals surface area (Å²) in [5.74, 6) is 2.56. The third kappa shape index (κ3) is 3.41. The minimum absolute atomic E-state index is 0.217. The second kappa shape index (κ2) is 6.26. The third-order valence-corrected chi connectivity index (χ3v) is 2.66. The predicted octanol–water partition coefficient (Wildman–Crippen LogP) is 1.11. The maximum Gasteiger partial charge on any atom is 0.323 e. The van der Waals surface area contributed by atoms with E-state index < -0.39 is 0 Å². The quantitative estimate of drug-likeness (QED) is 0.426. The predicted molar refractivity (Wildman–Crippen MR) is 59.1 cm³/mol. The Kier molecular flexibility index (Phi) is 4.92. The fourth-order valence-electron chi connectivity index (χ4n) is 1.86. The number of hydrogen-bond donors (Lipinski definition) is 1. The first-order valence-corrected chi connectivity index (χ1v) is 5.19. The van der Waals surface area contributed by atoms with Crippen molar-refractivity contribution in [1.29, 1.82) is 0 Å². The van der Waals surface area contributed by atoms with E-state index in [9.17, 15) is 4.79 Å². The highest BCUT2D eigenvalue weighted by molar-refractivity contribution is 5.76. The molecule has 0 radical (unpaired) electrons. The first kappa shape index (κ1) is 11.8. The average Bonchev–Trinajstić information content (AvgIpc) is 2.30. The van der Waals surface area contributed by atoms with Gasteiger partial charge in [-0.05, 0) is 25.2 Å². The van der Waals surface area contributed by atoms with Gasteiger partial charge in [-0.3, -0.25) is 10.1 Å². The van der Waals surface area contributed by atoms with E-state index in [1.807, 2.05) is 0 Å². The summed E-state index contributed by atoms with van der Waals surface area (Å²) in [6.07, 6.45) is 12.4. The summed E-state index contributed by atoms with van der Waals surface area (Å²) in [6, 6.07) is -0.268. The van der Waals surface area contributed by atoms with E-state index in [1.54, 1.807) is 0 Å². The van der Waals surface area contributed by atoms with Gasteiger partial charge in [-0.15, -0.1) is 6.42 Å². The molecule has 82 valence electrons. The normalized spacial score (nSPS) is 21.7. The number of rotatable bonds is 4. The van der Waals surface area contributed by atoms with Gasteiger partial charge in [0, 0.05) is 0 Å². The van der Waals surface area contributed by atoms with Gasteiger partial charge in [-0.2, -0.15) is 0 Å². The Bertz CT molecular complexity index is 278. The van der Waals surface area contributed by atoms with Crippen molar-refractivity contribution >= 4 is 5.97 Å². The Morgan fingerprint density at radius 1 is 1.73 bits per heavy atom.